The molecule has 0 saturated carbocycles. The van der Waals surface area contributed by atoms with Crippen molar-refractivity contribution in [1.29, 1.82) is 0 Å². The smallest absolute Gasteiger partial charge is 0.233 e. The number of benzene rings is 3. The summed E-state index contributed by atoms with van der Waals surface area (Å²) < 4.78 is 7.26. The van der Waals surface area contributed by atoms with Gasteiger partial charge in [0, 0.05) is 17.8 Å². The van der Waals surface area contributed by atoms with Crippen molar-refractivity contribution >= 4 is 17.7 Å². The zero-order valence-electron chi connectivity index (χ0n) is 18.9. The Morgan fingerprint density at radius 1 is 1.00 bits per heavy atom. The van der Waals surface area contributed by atoms with Crippen LogP contribution in [0.3, 0.4) is 0 Å². The van der Waals surface area contributed by atoms with E-state index in [0.29, 0.717) is 17.5 Å². The first-order valence-corrected chi connectivity index (χ1v) is 11.6. The summed E-state index contributed by atoms with van der Waals surface area (Å²) in [5.74, 6) is 1.44. The molecule has 6 nitrogen and oxygen atoms in total. The highest BCUT2D eigenvalue weighted by atomic mass is 32.2. The molecule has 0 fully saturated rings. The van der Waals surface area contributed by atoms with Gasteiger partial charge in [0.1, 0.15) is 5.75 Å². The van der Waals surface area contributed by atoms with E-state index < -0.39 is 0 Å². The van der Waals surface area contributed by atoms with Crippen LogP contribution in [0.4, 0.5) is 0 Å². The average molecular weight is 459 g/mol. The van der Waals surface area contributed by atoms with Crippen molar-refractivity contribution in [3.63, 3.8) is 0 Å². The lowest BCUT2D eigenvalue weighted by Crippen LogP contribution is -2.30. The lowest BCUT2D eigenvalue weighted by Gasteiger charge is -2.14. The number of aryl methyl sites for hydroxylation is 1. The molecule has 7 heteroatoms. The van der Waals surface area contributed by atoms with Crippen molar-refractivity contribution in [3.05, 3.63) is 90.0 Å². The fraction of sp³-hybridized carbons (Fsp3) is 0.192. The van der Waals surface area contributed by atoms with E-state index in [1.807, 2.05) is 97.3 Å². The van der Waals surface area contributed by atoms with Crippen molar-refractivity contribution in [2.24, 2.45) is 0 Å². The number of hydrogen-bond donors (Lipinski definition) is 1. The number of amides is 1. The minimum absolute atomic E-state index is 0.0471. The Bertz CT molecular complexity index is 1210. The van der Waals surface area contributed by atoms with Gasteiger partial charge in [0.05, 0.1) is 12.4 Å². The molecule has 0 aliphatic carbocycles. The number of nitrogens with one attached hydrogen (secondary N) is 1. The Morgan fingerprint density at radius 3 is 2.36 bits per heavy atom. The number of carbonyl (C=O) groups is 1. The number of para-hydroxylation sites is 1. The lowest BCUT2D eigenvalue weighted by molar-refractivity contribution is -0.120. The summed E-state index contributed by atoms with van der Waals surface area (Å²) in [6.07, 6.45) is 0. The van der Waals surface area contributed by atoms with Crippen LogP contribution in [0.5, 0.6) is 5.75 Å². The van der Waals surface area contributed by atoms with E-state index in [4.69, 9.17) is 4.74 Å². The van der Waals surface area contributed by atoms with Gasteiger partial charge in [-0.3, -0.25) is 9.36 Å². The van der Waals surface area contributed by atoms with Crippen molar-refractivity contribution in [2.75, 3.05) is 7.11 Å². The first-order valence-electron chi connectivity index (χ1n) is 10.7. The van der Waals surface area contributed by atoms with E-state index in [1.54, 1.807) is 7.11 Å². The van der Waals surface area contributed by atoms with Crippen LogP contribution in [-0.2, 0) is 11.3 Å². The molecule has 168 valence electrons. The van der Waals surface area contributed by atoms with E-state index in [9.17, 15) is 4.79 Å². The first kappa shape index (κ1) is 22.6. The van der Waals surface area contributed by atoms with Crippen molar-refractivity contribution in [1.82, 2.24) is 20.1 Å². The van der Waals surface area contributed by atoms with Crippen molar-refractivity contribution in [2.45, 2.75) is 30.8 Å². The summed E-state index contributed by atoms with van der Waals surface area (Å²) in [6, 6.07) is 25.8. The summed E-state index contributed by atoms with van der Waals surface area (Å²) >= 11 is 1.39. The average Bonchev–Trinajstić information content (AvgIpc) is 3.27. The fourth-order valence-electron chi connectivity index (χ4n) is 3.33. The van der Waals surface area contributed by atoms with Gasteiger partial charge in [-0.25, -0.2) is 0 Å². The number of thioether (sulfide) groups is 1. The molecule has 4 rings (SSSR count). The third-order valence-electron chi connectivity index (χ3n) is 5.23. The molecule has 0 aliphatic heterocycles. The Balaban J connectivity index is 1.55. The summed E-state index contributed by atoms with van der Waals surface area (Å²) in [7, 11) is 1.64. The molecule has 1 aromatic heterocycles. The minimum atomic E-state index is -0.342. The molecule has 4 aromatic rings. The zero-order valence-corrected chi connectivity index (χ0v) is 19.7. The molecular weight excluding hydrogens is 432 g/mol. The summed E-state index contributed by atoms with van der Waals surface area (Å²) in [5, 5.41) is 12.2. The Morgan fingerprint density at radius 2 is 1.70 bits per heavy atom. The maximum absolute atomic E-state index is 12.8. The largest absolute Gasteiger partial charge is 0.497 e. The molecule has 1 N–H and O–H groups in total. The first-order chi connectivity index (χ1) is 16.0. The Hall–Kier alpha value is -3.58. The van der Waals surface area contributed by atoms with Gasteiger partial charge < -0.3 is 10.1 Å². The normalized spacial score (nSPS) is 11.7. The van der Waals surface area contributed by atoms with E-state index in [2.05, 4.69) is 15.5 Å². The van der Waals surface area contributed by atoms with Crippen molar-refractivity contribution < 1.29 is 9.53 Å². The third-order valence-corrected chi connectivity index (χ3v) is 6.28. The van der Waals surface area contributed by atoms with Crippen LogP contribution in [0.15, 0.2) is 84.0 Å². The van der Waals surface area contributed by atoms with Gasteiger partial charge in [-0.05, 0) is 55.8 Å². The van der Waals surface area contributed by atoms with Crippen LogP contribution in [0.25, 0.3) is 17.1 Å². The second kappa shape index (κ2) is 10.4. The molecule has 3 aromatic carbocycles. The second-order valence-electron chi connectivity index (χ2n) is 7.67. The Labute approximate surface area is 198 Å². The highest BCUT2D eigenvalue weighted by Crippen LogP contribution is 2.31. The van der Waals surface area contributed by atoms with Gasteiger partial charge in [-0.15, -0.1) is 10.2 Å². The maximum atomic E-state index is 12.8. The molecule has 0 bridgehead atoms. The molecule has 0 radical (unpaired) electrons. The summed E-state index contributed by atoms with van der Waals surface area (Å²) in [5.41, 5.74) is 4.11. The molecule has 1 heterocycles. The van der Waals surface area contributed by atoms with Gasteiger partial charge in [0.2, 0.25) is 5.91 Å². The number of ether oxygens (including phenoxy) is 1. The van der Waals surface area contributed by atoms with Crippen LogP contribution >= 0.6 is 11.8 Å². The molecule has 1 amide bonds. The second-order valence-corrected chi connectivity index (χ2v) is 8.98. The van der Waals surface area contributed by atoms with Gasteiger partial charge in [0.25, 0.3) is 0 Å². The van der Waals surface area contributed by atoms with Gasteiger partial charge >= 0.3 is 0 Å². The van der Waals surface area contributed by atoms with E-state index in [0.717, 1.165) is 22.6 Å². The summed E-state index contributed by atoms with van der Waals surface area (Å²) in [4.78, 5) is 12.8. The predicted octanol–water partition coefficient (Wildman–Crippen LogP) is 5.05. The topological polar surface area (TPSA) is 69.0 Å². The molecule has 0 saturated heterocycles. The quantitative estimate of drug-likeness (QED) is 0.374. The molecule has 1 unspecified atom stereocenters. The standard InChI is InChI=1S/C26H26N4O2S/c1-18-9-11-20(12-10-18)17-27-25(31)19(2)33-26-29-28-24(21-13-15-23(32-3)16-14-21)30(26)22-7-5-4-6-8-22/h4-16,19H,17H2,1-3H3,(H,27,31). The van der Waals surface area contributed by atoms with Crippen LogP contribution in [-0.4, -0.2) is 33.0 Å². The number of aromatic nitrogens is 3. The SMILES string of the molecule is COc1ccc(-c2nnc(SC(C)C(=O)NCc3ccc(C)cc3)n2-c2ccccc2)cc1. The number of carbonyl (C=O) groups excluding carboxylic acids is 1. The minimum Gasteiger partial charge on any atom is -0.497 e. The molecule has 0 aliphatic rings. The van der Waals surface area contributed by atoms with Crippen molar-refractivity contribution in [3.8, 4) is 22.8 Å². The predicted molar refractivity (Wildman–Crippen MR) is 132 cm³/mol. The van der Waals surface area contributed by atoms with Crippen LogP contribution in [0, 0.1) is 6.92 Å². The van der Waals surface area contributed by atoms with Crippen LogP contribution in [0.1, 0.15) is 18.1 Å². The molecule has 1 atom stereocenters. The lowest BCUT2D eigenvalue weighted by atomic mass is 10.1. The fourth-order valence-corrected chi connectivity index (χ4v) is 4.23. The molecule has 0 spiro atoms. The van der Waals surface area contributed by atoms with Crippen LogP contribution in [0.2, 0.25) is 0 Å². The highest BCUT2D eigenvalue weighted by molar-refractivity contribution is 8.00. The number of methoxy groups -OCH3 is 1. The molecule has 33 heavy (non-hydrogen) atoms. The number of hydrogen-bond acceptors (Lipinski definition) is 5. The van der Waals surface area contributed by atoms with E-state index >= 15 is 0 Å². The third kappa shape index (κ3) is 5.43. The zero-order chi connectivity index (χ0) is 23.2. The van der Waals surface area contributed by atoms with Gasteiger partial charge in [0.15, 0.2) is 11.0 Å². The monoisotopic (exact) mass is 458 g/mol. The maximum Gasteiger partial charge on any atom is 0.233 e. The molecular formula is C26H26N4O2S. The van der Waals surface area contributed by atoms with E-state index in [-0.39, 0.29) is 11.2 Å². The highest BCUT2D eigenvalue weighted by Gasteiger charge is 2.21. The van der Waals surface area contributed by atoms with Gasteiger partial charge in [-0.2, -0.15) is 0 Å². The number of rotatable bonds is 8. The van der Waals surface area contributed by atoms with Crippen LogP contribution < -0.4 is 10.1 Å². The Kier molecular flexibility index (Phi) is 7.10. The van der Waals surface area contributed by atoms with E-state index in [1.165, 1.54) is 17.3 Å². The number of nitrogens with zero attached hydrogens (tertiary/aromatic N) is 3. The van der Waals surface area contributed by atoms with Gasteiger partial charge in [-0.1, -0.05) is 59.8 Å². The summed E-state index contributed by atoms with van der Waals surface area (Å²) in [6.45, 7) is 4.42.